The molecule has 0 unspecified atom stereocenters. The Bertz CT molecular complexity index is 718. The average Bonchev–Trinajstić information content (AvgIpc) is 2.42. The highest BCUT2D eigenvalue weighted by molar-refractivity contribution is 5.84. The number of pyridine rings is 1. The number of rotatable bonds is 2. The number of hydrogen-bond acceptors (Lipinski definition) is 3. The van der Waals surface area contributed by atoms with Crippen molar-refractivity contribution >= 4 is 28.1 Å². The highest BCUT2D eigenvalue weighted by Crippen LogP contribution is 2.22. The number of anilines is 3. The number of benzene rings is 2. The lowest BCUT2D eigenvalue weighted by molar-refractivity contribution is 1.34. The van der Waals surface area contributed by atoms with Crippen LogP contribution in [0.3, 0.4) is 0 Å². The summed E-state index contributed by atoms with van der Waals surface area (Å²) in [5, 5.41) is 4.48. The lowest BCUT2D eigenvalue weighted by Gasteiger charge is -2.09. The normalized spacial score (nSPS) is 10.6. The summed E-state index contributed by atoms with van der Waals surface area (Å²) in [5.74, 6) is 0.848. The fraction of sp³-hybridized carbons (Fsp3) is 0.0625. The van der Waals surface area contributed by atoms with Gasteiger partial charge in [0.05, 0.1) is 5.52 Å². The van der Waals surface area contributed by atoms with Crippen LogP contribution in [-0.4, -0.2) is 4.98 Å². The van der Waals surface area contributed by atoms with Gasteiger partial charge in [-0.1, -0.05) is 18.2 Å². The maximum Gasteiger partial charge on any atom is 0.131 e. The van der Waals surface area contributed by atoms with E-state index in [0.29, 0.717) is 0 Å². The Hall–Kier alpha value is -2.55. The number of nitrogens with one attached hydrogen (secondary N) is 1. The molecule has 0 fully saturated rings. The molecule has 19 heavy (non-hydrogen) atoms. The molecule has 3 aromatic rings. The van der Waals surface area contributed by atoms with Crippen LogP contribution in [-0.2, 0) is 0 Å². The van der Waals surface area contributed by atoms with Crippen molar-refractivity contribution in [2.75, 3.05) is 11.1 Å². The Morgan fingerprint density at radius 2 is 1.74 bits per heavy atom. The number of aromatic nitrogens is 1. The molecule has 0 bridgehead atoms. The van der Waals surface area contributed by atoms with Crippen molar-refractivity contribution in [3.63, 3.8) is 0 Å². The molecule has 3 heteroatoms. The van der Waals surface area contributed by atoms with Crippen LogP contribution >= 0.6 is 0 Å². The zero-order valence-corrected chi connectivity index (χ0v) is 10.7. The quantitative estimate of drug-likeness (QED) is 0.678. The Kier molecular flexibility index (Phi) is 2.80. The van der Waals surface area contributed by atoms with Gasteiger partial charge in [0, 0.05) is 16.8 Å². The summed E-state index contributed by atoms with van der Waals surface area (Å²) in [6.45, 7) is 2.10. The molecule has 3 N–H and O–H groups in total. The van der Waals surface area contributed by atoms with E-state index < -0.39 is 0 Å². The number of hydrogen-bond donors (Lipinski definition) is 2. The van der Waals surface area contributed by atoms with E-state index in [1.165, 1.54) is 10.9 Å². The SMILES string of the molecule is Cc1cc(Nc2ccc(N)cc2)nc2ccccc12. The minimum absolute atomic E-state index is 0.758. The van der Waals surface area contributed by atoms with E-state index in [-0.39, 0.29) is 0 Å². The third kappa shape index (κ3) is 2.36. The van der Waals surface area contributed by atoms with Crippen LogP contribution < -0.4 is 11.1 Å². The third-order valence-corrected chi connectivity index (χ3v) is 3.11. The van der Waals surface area contributed by atoms with Crippen molar-refractivity contribution < 1.29 is 0 Å². The third-order valence-electron chi connectivity index (χ3n) is 3.11. The number of nitrogen functional groups attached to an aromatic ring is 1. The zero-order valence-electron chi connectivity index (χ0n) is 10.7. The van der Waals surface area contributed by atoms with Crippen molar-refractivity contribution in [1.29, 1.82) is 0 Å². The molecule has 1 aromatic heterocycles. The molecule has 3 nitrogen and oxygen atoms in total. The van der Waals surface area contributed by atoms with E-state index in [0.717, 1.165) is 22.7 Å². The van der Waals surface area contributed by atoms with E-state index in [1.807, 2.05) is 42.5 Å². The maximum atomic E-state index is 5.68. The van der Waals surface area contributed by atoms with Crippen molar-refractivity contribution in [2.24, 2.45) is 0 Å². The Balaban J connectivity index is 1.99. The second-order valence-electron chi connectivity index (χ2n) is 4.59. The van der Waals surface area contributed by atoms with Gasteiger partial charge in [0.25, 0.3) is 0 Å². The molecule has 3 rings (SSSR count). The first kappa shape index (κ1) is 11.5. The van der Waals surface area contributed by atoms with Gasteiger partial charge in [-0.2, -0.15) is 0 Å². The summed E-state index contributed by atoms with van der Waals surface area (Å²) in [5.41, 5.74) is 9.63. The molecular formula is C16H15N3. The van der Waals surface area contributed by atoms with Crippen molar-refractivity contribution in [3.05, 3.63) is 60.2 Å². The van der Waals surface area contributed by atoms with Gasteiger partial charge in [0.15, 0.2) is 0 Å². The van der Waals surface area contributed by atoms with Crippen LogP contribution in [0.15, 0.2) is 54.6 Å². The lowest BCUT2D eigenvalue weighted by Crippen LogP contribution is -1.95. The largest absolute Gasteiger partial charge is 0.399 e. The first-order chi connectivity index (χ1) is 9.22. The molecule has 0 aliphatic rings. The monoisotopic (exact) mass is 249 g/mol. The number of fused-ring (bicyclic) bond motifs is 1. The Labute approximate surface area is 112 Å². The van der Waals surface area contributed by atoms with Gasteiger partial charge in [-0.25, -0.2) is 4.98 Å². The Morgan fingerprint density at radius 3 is 2.53 bits per heavy atom. The molecule has 0 atom stereocenters. The van der Waals surface area contributed by atoms with Gasteiger partial charge < -0.3 is 11.1 Å². The average molecular weight is 249 g/mol. The molecule has 0 aliphatic heterocycles. The first-order valence-electron chi connectivity index (χ1n) is 6.21. The molecule has 0 saturated carbocycles. The van der Waals surface area contributed by atoms with Gasteiger partial charge >= 0.3 is 0 Å². The van der Waals surface area contributed by atoms with Gasteiger partial charge in [-0.05, 0) is 48.9 Å². The molecule has 0 amide bonds. The van der Waals surface area contributed by atoms with E-state index in [2.05, 4.69) is 29.4 Å². The molecule has 94 valence electrons. The van der Waals surface area contributed by atoms with E-state index in [1.54, 1.807) is 0 Å². The number of para-hydroxylation sites is 1. The minimum Gasteiger partial charge on any atom is -0.399 e. The maximum absolute atomic E-state index is 5.68. The summed E-state index contributed by atoms with van der Waals surface area (Å²) in [7, 11) is 0. The van der Waals surface area contributed by atoms with Crippen LogP contribution in [0.1, 0.15) is 5.56 Å². The fourth-order valence-electron chi connectivity index (χ4n) is 2.13. The molecular weight excluding hydrogens is 234 g/mol. The minimum atomic E-state index is 0.758. The summed E-state index contributed by atoms with van der Waals surface area (Å²) in [4.78, 5) is 4.61. The molecule has 0 saturated heterocycles. The van der Waals surface area contributed by atoms with Crippen LogP contribution in [0.4, 0.5) is 17.2 Å². The summed E-state index contributed by atoms with van der Waals surface area (Å²) >= 11 is 0. The van der Waals surface area contributed by atoms with E-state index in [9.17, 15) is 0 Å². The fourth-order valence-corrected chi connectivity index (χ4v) is 2.13. The topological polar surface area (TPSA) is 50.9 Å². The number of nitrogens with two attached hydrogens (primary N) is 1. The van der Waals surface area contributed by atoms with Crippen molar-refractivity contribution in [1.82, 2.24) is 4.98 Å². The van der Waals surface area contributed by atoms with E-state index >= 15 is 0 Å². The number of nitrogens with zero attached hydrogens (tertiary/aromatic N) is 1. The second kappa shape index (κ2) is 4.61. The molecule has 0 aliphatic carbocycles. The van der Waals surface area contributed by atoms with Crippen LogP contribution in [0.2, 0.25) is 0 Å². The predicted octanol–water partition coefficient (Wildman–Crippen LogP) is 3.87. The smallest absolute Gasteiger partial charge is 0.131 e. The first-order valence-corrected chi connectivity index (χ1v) is 6.21. The Morgan fingerprint density at radius 1 is 1.00 bits per heavy atom. The highest BCUT2D eigenvalue weighted by atomic mass is 15.0. The van der Waals surface area contributed by atoms with Gasteiger partial charge in [0.2, 0.25) is 0 Å². The van der Waals surface area contributed by atoms with Crippen molar-refractivity contribution in [2.45, 2.75) is 6.92 Å². The van der Waals surface area contributed by atoms with Crippen LogP contribution in [0, 0.1) is 6.92 Å². The highest BCUT2D eigenvalue weighted by Gasteiger charge is 2.02. The lowest BCUT2D eigenvalue weighted by atomic mass is 10.1. The van der Waals surface area contributed by atoms with Crippen LogP contribution in [0.5, 0.6) is 0 Å². The van der Waals surface area contributed by atoms with Gasteiger partial charge in [0.1, 0.15) is 5.82 Å². The standard InChI is InChI=1S/C16H15N3/c1-11-10-16(18-13-8-6-12(17)7-9-13)19-15-5-3-2-4-14(11)15/h2-10H,17H2,1H3,(H,18,19). The van der Waals surface area contributed by atoms with Gasteiger partial charge in [-0.3, -0.25) is 0 Å². The number of aryl methyl sites for hydroxylation is 1. The predicted molar refractivity (Wildman–Crippen MR) is 80.6 cm³/mol. The van der Waals surface area contributed by atoms with Gasteiger partial charge in [-0.15, -0.1) is 0 Å². The molecule has 0 radical (unpaired) electrons. The molecule has 1 heterocycles. The molecule has 2 aromatic carbocycles. The van der Waals surface area contributed by atoms with Crippen LogP contribution in [0.25, 0.3) is 10.9 Å². The molecule has 0 spiro atoms. The zero-order chi connectivity index (χ0) is 13.2. The summed E-state index contributed by atoms with van der Waals surface area (Å²) in [6, 6.07) is 17.8. The van der Waals surface area contributed by atoms with E-state index in [4.69, 9.17) is 5.73 Å². The summed E-state index contributed by atoms with van der Waals surface area (Å²) in [6.07, 6.45) is 0. The van der Waals surface area contributed by atoms with Crippen molar-refractivity contribution in [3.8, 4) is 0 Å². The summed E-state index contributed by atoms with van der Waals surface area (Å²) < 4.78 is 0. The second-order valence-corrected chi connectivity index (χ2v) is 4.59.